The predicted molar refractivity (Wildman–Crippen MR) is 48.8 cm³/mol. The van der Waals surface area contributed by atoms with E-state index >= 15 is 0 Å². The minimum Gasteiger partial charge on any atom is -0.507 e. The Morgan fingerprint density at radius 3 is 2.54 bits per heavy atom. The van der Waals surface area contributed by atoms with Gasteiger partial charge >= 0.3 is 0 Å². The summed E-state index contributed by atoms with van der Waals surface area (Å²) in [5, 5.41) is 9.19. The van der Waals surface area contributed by atoms with Crippen molar-refractivity contribution >= 4 is 15.9 Å². The van der Waals surface area contributed by atoms with Crippen molar-refractivity contribution in [2.75, 3.05) is 6.54 Å². The van der Waals surface area contributed by atoms with Crippen molar-refractivity contribution in [3.8, 4) is 5.75 Å². The van der Waals surface area contributed by atoms with Gasteiger partial charge in [-0.1, -0.05) is 22.0 Å². The summed E-state index contributed by atoms with van der Waals surface area (Å²) in [4.78, 5) is 0. The van der Waals surface area contributed by atoms with Crippen LogP contribution in [0.25, 0.3) is 0 Å². The molecule has 0 unspecified atom stereocenters. The summed E-state index contributed by atoms with van der Waals surface area (Å²) in [6.07, 6.45) is 0. The van der Waals surface area contributed by atoms with Gasteiger partial charge in [0.2, 0.25) is 0 Å². The molecule has 1 rings (SSSR count). The minimum atomic E-state index is -3.20. The summed E-state index contributed by atoms with van der Waals surface area (Å²) in [6, 6.07) is 4.10. The quantitative estimate of drug-likeness (QED) is 0.847. The number of phenols is 1. The first-order chi connectivity index (χ1) is 5.99. The highest BCUT2D eigenvalue weighted by molar-refractivity contribution is 9.10. The third-order valence-corrected chi connectivity index (χ3v) is 2.27. The lowest BCUT2D eigenvalue weighted by Gasteiger charge is -2.16. The molecule has 0 saturated heterocycles. The van der Waals surface area contributed by atoms with E-state index in [1.54, 1.807) is 0 Å². The molecule has 0 heterocycles. The first kappa shape index (κ1) is 10.4. The van der Waals surface area contributed by atoms with Crippen LogP contribution in [-0.4, -0.2) is 11.7 Å². The van der Waals surface area contributed by atoms with E-state index in [1.807, 2.05) is 0 Å². The number of alkyl halides is 2. The van der Waals surface area contributed by atoms with Crippen LogP contribution in [0.15, 0.2) is 22.7 Å². The fourth-order valence-electron chi connectivity index (χ4n) is 0.977. The molecular formula is C8H8BrF2NO. The van der Waals surface area contributed by atoms with Crippen molar-refractivity contribution in [1.29, 1.82) is 0 Å². The third kappa shape index (κ3) is 1.97. The zero-order chi connectivity index (χ0) is 10.1. The molecule has 1 aromatic carbocycles. The van der Waals surface area contributed by atoms with Gasteiger partial charge in [0.25, 0.3) is 5.92 Å². The number of rotatable bonds is 2. The highest BCUT2D eigenvalue weighted by atomic mass is 79.9. The lowest BCUT2D eigenvalue weighted by Crippen LogP contribution is -2.25. The minimum absolute atomic E-state index is 0.156. The number of nitrogens with two attached hydrogens (primary N) is 1. The number of hydrogen-bond donors (Lipinski definition) is 2. The van der Waals surface area contributed by atoms with E-state index in [0.717, 1.165) is 0 Å². The van der Waals surface area contributed by atoms with E-state index in [2.05, 4.69) is 15.9 Å². The lowest BCUT2D eigenvalue weighted by atomic mass is 10.1. The molecule has 0 saturated carbocycles. The van der Waals surface area contributed by atoms with E-state index in [1.165, 1.54) is 18.2 Å². The molecule has 72 valence electrons. The topological polar surface area (TPSA) is 46.2 Å². The molecule has 0 atom stereocenters. The van der Waals surface area contributed by atoms with Gasteiger partial charge in [-0.25, -0.2) is 0 Å². The van der Waals surface area contributed by atoms with Crippen molar-refractivity contribution in [2.24, 2.45) is 5.73 Å². The zero-order valence-electron chi connectivity index (χ0n) is 6.60. The van der Waals surface area contributed by atoms with Gasteiger partial charge < -0.3 is 10.8 Å². The maximum atomic E-state index is 13.1. The van der Waals surface area contributed by atoms with Gasteiger partial charge in [0.15, 0.2) is 0 Å². The largest absolute Gasteiger partial charge is 0.507 e. The smallest absolute Gasteiger partial charge is 0.289 e. The van der Waals surface area contributed by atoms with Crippen LogP contribution in [0.4, 0.5) is 8.78 Å². The number of halogens is 3. The highest BCUT2D eigenvalue weighted by Gasteiger charge is 2.34. The summed E-state index contributed by atoms with van der Waals surface area (Å²) in [5.74, 6) is -3.66. The van der Waals surface area contributed by atoms with Gasteiger partial charge in [-0.15, -0.1) is 0 Å². The van der Waals surface area contributed by atoms with Crippen molar-refractivity contribution in [1.82, 2.24) is 0 Å². The molecule has 0 spiro atoms. The highest BCUT2D eigenvalue weighted by Crippen LogP contribution is 2.38. The molecule has 0 bridgehead atoms. The summed E-state index contributed by atoms with van der Waals surface area (Å²) < 4.78 is 26.3. The second kappa shape index (κ2) is 3.59. The Bertz CT molecular complexity index is 297. The molecule has 0 aliphatic carbocycles. The fraction of sp³-hybridized carbons (Fsp3) is 0.250. The van der Waals surface area contributed by atoms with E-state index in [0.29, 0.717) is 0 Å². The summed E-state index contributed by atoms with van der Waals surface area (Å²) in [6.45, 7) is -0.830. The molecule has 5 heteroatoms. The standard InChI is InChI=1S/C8H8BrF2NO/c9-5-2-1-3-6(13)7(5)8(10,11)4-12/h1-3,13H,4,12H2. The maximum Gasteiger partial charge on any atom is 0.289 e. The molecular weight excluding hydrogens is 244 g/mol. The molecule has 0 aromatic heterocycles. The average Bonchev–Trinajstić information content (AvgIpc) is 2.03. The van der Waals surface area contributed by atoms with E-state index in [4.69, 9.17) is 5.73 Å². The molecule has 0 amide bonds. The van der Waals surface area contributed by atoms with Crippen LogP contribution in [-0.2, 0) is 5.92 Å². The Morgan fingerprint density at radius 2 is 2.08 bits per heavy atom. The molecule has 0 aliphatic heterocycles. The van der Waals surface area contributed by atoms with Crippen LogP contribution in [0, 0.1) is 0 Å². The second-order valence-electron chi connectivity index (χ2n) is 2.54. The first-order valence-corrected chi connectivity index (χ1v) is 4.34. The molecule has 0 aliphatic rings. The van der Waals surface area contributed by atoms with E-state index in [9.17, 15) is 13.9 Å². The van der Waals surface area contributed by atoms with Crippen LogP contribution >= 0.6 is 15.9 Å². The average molecular weight is 252 g/mol. The van der Waals surface area contributed by atoms with Gasteiger partial charge in [-0.2, -0.15) is 8.78 Å². The van der Waals surface area contributed by atoms with Crippen LogP contribution in [0.2, 0.25) is 0 Å². The normalized spacial score (nSPS) is 11.7. The third-order valence-electron chi connectivity index (χ3n) is 1.61. The van der Waals surface area contributed by atoms with Gasteiger partial charge in [-0.3, -0.25) is 0 Å². The van der Waals surface area contributed by atoms with E-state index in [-0.39, 0.29) is 4.47 Å². The number of aromatic hydroxyl groups is 1. The first-order valence-electron chi connectivity index (χ1n) is 3.55. The van der Waals surface area contributed by atoms with Crippen LogP contribution < -0.4 is 5.73 Å². The Labute approximate surface area is 82.5 Å². The van der Waals surface area contributed by atoms with E-state index < -0.39 is 23.8 Å². The SMILES string of the molecule is NCC(F)(F)c1c(O)cccc1Br. The molecule has 1 aromatic rings. The Kier molecular flexibility index (Phi) is 2.87. The monoisotopic (exact) mass is 251 g/mol. The zero-order valence-corrected chi connectivity index (χ0v) is 8.18. The van der Waals surface area contributed by atoms with Crippen LogP contribution in [0.5, 0.6) is 5.75 Å². The molecule has 0 radical (unpaired) electrons. The lowest BCUT2D eigenvalue weighted by molar-refractivity contribution is 0.00300. The predicted octanol–water partition coefficient (Wildman–Crippen LogP) is 2.21. The van der Waals surface area contributed by atoms with Gasteiger partial charge in [0, 0.05) is 4.47 Å². The fourth-order valence-corrected chi connectivity index (χ4v) is 1.62. The van der Waals surface area contributed by atoms with Crippen LogP contribution in [0.1, 0.15) is 5.56 Å². The van der Waals surface area contributed by atoms with Gasteiger partial charge in [0.1, 0.15) is 5.75 Å². The van der Waals surface area contributed by atoms with Gasteiger partial charge in [-0.05, 0) is 12.1 Å². The van der Waals surface area contributed by atoms with Crippen molar-refractivity contribution in [3.63, 3.8) is 0 Å². The number of phenolic OH excluding ortho intramolecular Hbond substituents is 1. The summed E-state index contributed by atoms with van der Waals surface area (Å²) in [7, 11) is 0. The maximum absolute atomic E-state index is 13.1. The van der Waals surface area contributed by atoms with Crippen molar-refractivity contribution in [2.45, 2.75) is 5.92 Å². The molecule has 13 heavy (non-hydrogen) atoms. The van der Waals surface area contributed by atoms with Gasteiger partial charge in [0.05, 0.1) is 12.1 Å². The second-order valence-corrected chi connectivity index (χ2v) is 3.40. The van der Waals surface area contributed by atoms with Crippen LogP contribution in [0.3, 0.4) is 0 Å². The summed E-state index contributed by atoms with van der Waals surface area (Å²) in [5.41, 5.74) is 4.43. The molecule has 2 nitrogen and oxygen atoms in total. The molecule has 3 N–H and O–H groups in total. The van der Waals surface area contributed by atoms with Crippen molar-refractivity contribution < 1.29 is 13.9 Å². The number of hydrogen-bond acceptors (Lipinski definition) is 2. The molecule has 0 fully saturated rings. The Morgan fingerprint density at radius 1 is 1.46 bits per heavy atom. The number of benzene rings is 1. The Balaban J connectivity index is 3.28. The van der Waals surface area contributed by atoms with Crippen molar-refractivity contribution in [3.05, 3.63) is 28.2 Å². The Hall–Kier alpha value is -0.680. The summed E-state index contributed by atoms with van der Waals surface area (Å²) >= 11 is 2.93.